The van der Waals surface area contributed by atoms with E-state index in [-0.39, 0.29) is 18.4 Å². The van der Waals surface area contributed by atoms with Crippen LogP contribution < -0.4 is 10.6 Å². The molecule has 118 valence electrons. The lowest BCUT2D eigenvalue weighted by Gasteiger charge is -2.15. The van der Waals surface area contributed by atoms with Gasteiger partial charge in [-0.3, -0.25) is 9.59 Å². The molecule has 0 bridgehead atoms. The second kappa shape index (κ2) is 13.0. The fourth-order valence-corrected chi connectivity index (χ4v) is 1.60. The average molecular weight is 294 g/mol. The van der Waals surface area contributed by atoms with Crippen LogP contribution in [-0.2, 0) is 14.3 Å². The maximum Gasteiger partial charge on any atom is 0.258 e. The molecule has 1 atom stereocenters. The van der Waals surface area contributed by atoms with Crippen molar-refractivity contribution < 1.29 is 14.3 Å². The average Bonchev–Trinajstić information content (AvgIpc) is 2.50. The number of likely N-dealkylation sites (N-methyl/N-ethyl adjacent to an activating group) is 1. The molecule has 2 N–H and O–H groups in total. The number of rotatable bonds is 11. The van der Waals surface area contributed by atoms with Crippen LogP contribution in [0.4, 0.5) is 0 Å². The Hall–Kier alpha value is -2.04. The third-order valence-corrected chi connectivity index (χ3v) is 2.67. The van der Waals surface area contributed by atoms with E-state index in [0.29, 0.717) is 6.42 Å². The Morgan fingerprint density at radius 2 is 1.86 bits per heavy atom. The summed E-state index contributed by atoms with van der Waals surface area (Å²) in [5.74, 6) is -0.569. The summed E-state index contributed by atoms with van der Waals surface area (Å²) in [6.07, 6.45) is 12.8. The minimum atomic E-state index is -0.585. The van der Waals surface area contributed by atoms with Gasteiger partial charge in [-0.15, -0.1) is 0 Å². The van der Waals surface area contributed by atoms with E-state index in [1.165, 1.54) is 6.26 Å². The van der Waals surface area contributed by atoms with Gasteiger partial charge in [0, 0.05) is 7.05 Å². The summed E-state index contributed by atoms with van der Waals surface area (Å²) < 4.78 is 4.78. The molecule has 0 spiro atoms. The highest BCUT2D eigenvalue weighted by Gasteiger charge is 2.17. The number of hydrogen-bond acceptors (Lipinski definition) is 3. The second-order valence-corrected chi connectivity index (χ2v) is 4.38. The molecule has 0 aromatic heterocycles. The Morgan fingerprint density at radius 1 is 1.19 bits per heavy atom. The van der Waals surface area contributed by atoms with Gasteiger partial charge in [0.25, 0.3) is 5.91 Å². The van der Waals surface area contributed by atoms with Crippen molar-refractivity contribution in [2.75, 3.05) is 13.7 Å². The van der Waals surface area contributed by atoms with Crippen LogP contribution in [0.1, 0.15) is 32.6 Å². The fourth-order valence-electron chi connectivity index (χ4n) is 1.60. The topological polar surface area (TPSA) is 67.4 Å². The summed E-state index contributed by atoms with van der Waals surface area (Å²) in [6.45, 7) is 5.32. The maximum atomic E-state index is 11.7. The molecule has 0 heterocycles. The molecule has 0 saturated carbocycles. The van der Waals surface area contributed by atoms with E-state index in [2.05, 4.69) is 36.3 Å². The number of ether oxygens (including phenoxy) is 1. The zero-order chi connectivity index (χ0) is 15.9. The number of carbonyl (C=O) groups is 2. The lowest BCUT2D eigenvalue weighted by atomic mass is 10.1. The maximum absolute atomic E-state index is 11.7. The van der Waals surface area contributed by atoms with E-state index >= 15 is 0 Å². The molecule has 0 saturated heterocycles. The molecule has 2 amide bonds. The molecule has 0 radical (unpaired) electrons. The SMILES string of the molecule is C=COCC(=O)N[C@@H](C/C=C/CC/C=C/CC)C(=O)NC. The molecule has 5 nitrogen and oxygen atoms in total. The Labute approximate surface area is 127 Å². The number of unbranched alkanes of at least 4 members (excludes halogenated alkanes) is 1. The van der Waals surface area contributed by atoms with Crippen LogP contribution in [0, 0.1) is 0 Å². The van der Waals surface area contributed by atoms with Crippen LogP contribution in [0.15, 0.2) is 37.1 Å². The van der Waals surface area contributed by atoms with Crippen LogP contribution in [0.5, 0.6) is 0 Å². The number of carbonyl (C=O) groups excluding carboxylic acids is 2. The third-order valence-electron chi connectivity index (χ3n) is 2.67. The number of allylic oxidation sites excluding steroid dienone is 3. The highest BCUT2D eigenvalue weighted by atomic mass is 16.5. The molecule has 0 aliphatic carbocycles. The zero-order valence-corrected chi connectivity index (χ0v) is 12.9. The Morgan fingerprint density at radius 3 is 2.43 bits per heavy atom. The van der Waals surface area contributed by atoms with Crippen LogP contribution in [0.3, 0.4) is 0 Å². The first-order chi connectivity index (χ1) is 10.2. The molecule has 0 rings (SSSR count). The fraction of sp³-hybridized carbons (Fsp3) is 0.500. The number of hydrogen-bond donors (Lipinski definition) is 2. The van der Waals surface area contributed by atoms with E-state index in [9.17, 15) is 9.59 Å². The van der Waals surface area contributed by atoms with Crippen molar-refractivity contribution in [1.82, 2.24) is 10.6 Å². The van der Waals surface area contributed by atoms with Crippen molar-refractivity contribution in [2.45, 2.75) is 38.6 Å². The van der Waals surface area contributed by atoms with Gasteiger partial charge in [0.05, 0.1) is 6.26 Å². The van der Waals surface area contributed by atoms with Crippen molar-refractivity contribution in [3.63, 3.8) is 0 Å². The van der Waals surface area contributed by atoms with Gasteiger partial charge in [0.2, 0.25) is 5.91 Å². The lowest BCUT2D eigenvalue weighted by molar-refractivity contribution is -0.130. The minimum absolute atomic E-state index is 0.136. The van der Waals surface area contributed by atoms with Crippen molar-refractivity contribution in [2.24, 2.45) is 0 Å². The smallest absolute Gasteiger partial charge is 0.258 e. The summed E-state index contributed by atoms with van der Waals surface area (Å²) in [4.78, 5) is 23.2. The Balaban J connectivity index is 4.21. The summed E-state index contributed by atoms with van der Waals surface area (Å²) in [5.41, 5.74) is 0. The third kappa shape index (κ3) is 10.4. The van der Waals surface area contributed by atoms with Gasteiger partial charge < -0.3 is 15.4 Å². The van der Waals surface area contributed by atoms with Gasteiger partial charge >= 0.3 is 0 Å². The van der Waals surface area contributed by atoms with Gasteiger partial charge in [-0.25, -0.2) is 0 Å². The largest absolute Gasteiger partial charge is 0.492 e. The summed E-state index contributed by atoms with van der Waals surface area (Å²) in [6, 6.07) is -0.585. The lowest BCUT2D eigenvalue weighted by Crippen LogP contribution is -2.46. The first kappa shape index (κ1) is 19.0. The minimum Gasteiger partial charge on any atom is -0.492 e. The summed E-state index contributed by atoms with van der Waals surface area (Å²) >= 11 is 0. The standard InChI is InChI=1S/C16H26N2O3/c1-4-6-7-8-9-10-11-12-14(16(20)17-3)18-15(19)13-21-5-2/h5-7,10-11,14H,2,4,8-9,12-13H2,1,3H3,(H,17,20)(H,18,19)/b7-6+,11-10+/t14-/m0/s1. The Bertz CT molecular complexity index is 376. The molecular weight excluding hydrogens is 268 g/mol. The summed E-state index contributed by atoms with van der Waals surface area (Å²) in [5, 5.41) is 5.16. The highest BCUT2D eigenvalue weighted by molar-refractivity contribution is 5.88. The van der Waals surface area contributed by atoms with Crippen LogP contribution in [-0.4, -0.2) is 31.5 Å². The second-order valence-electron chi connectivity index (χ2n) is 4.38. The molecule has 0 aliphatic heterocycles. The van der Waals surface area contributed by atoms with Gasteiger partial charge in [0.15, 0.2) is 6.61 Å². The van der Waals surface area contributed by atoms with Gasteiger partial charge in [-0.2, -0.15) is 0 Å². The van der Waals surface area contributed by atoms with Gasteiger partial charge in [-0.1, -0.05) is 37.8 Å². The number of nitrogens with one attached hydrogen (secondary N) is 2. The van der Waals surface area contributed by atoms with E-state index in [0.717, 1.165) is 19.3 Å². The predicted octanol–water partition coefficient (Wildman–Crippen LogP) is 2.07. The molecule has 0 aliphatic rings. The van der Waals surface area contributed by atoms with E-state index in [1.54, 1.807) is 7.05 Å². The molecular formula is C16H26N2O3. The monoisotopic (exact) mass is 294 g/mol. The van der Waals surface area contributed by atoms with Crippen LogP contribution >= 0.6 is 0 Å². The highest BCUT2D eigenvalue weighted by Crippen LogP contribution is 1.99. The molecule has 21 heavy (non-hydrogen) atoms. The number of amides is 2. The van der Waals surface area contributed by atoms with Gasteiger partial charge in [0.1, 0.15) is 6.04 Å². The first-order valence-corrected chi connectivity index (χ1v) is 7.19. The van der Waals surface area contributed by atoms with Crippen LogP contribution in [0.2, 0.25) is 0 Å². The van der Waals surface area contributed by atoms with Crippen molar-refractivity contribution in [3.05, 3.63) is 37.1 Å². The summed E-state index contributed by atoms with van der Waals surface area (Å²) in [7, 11) is 1.54. The zero-order valence-electron chi connectivity index (χ0n) is 12.9. The van der Waals surface area contributed by atoms with Crippen LogP contribution in [0.25, 0.3) is 0 Å². The van der Waals surface area contributed by atoms with E-state index in [4.69, 9.17) is 4.74 Å². The van der Waals surface area contributed by atoms with Crippen molar-refractivity contribution >= 4 is 11.8 Å². The van der Waals surface area contributed by atoms with E-state index in [1.807, 2.05) is 12.2 Å². The molecule has 0 aromatic rings. The predicted molar refractivity (Wildman–Crippen MR) is 84.6 cm³/mol. The first-order valence-electron chi connectivity index (χ1n) is 7.19. The Kier molecular flexibility index (Phi) is 11.7. The van der Waals surface area contributed by atoms with Crippen molar-refractivity contribution in [1.29, 1.82) is 0 Å². The molecule has 0 unspecified atom stereocenters. The molecule has 0 aromatic carbocycles. The molecule has 0 fully saturated rings. The van der Waals surface area contributed by atoms with Gasteiger partial charge in [-0.05, 0) is 25.7 Å². The van der Waals surface area contributed by atoms with Crippen molar-refractivity contribution in [3.8, 4) is 0 Å². The molecule has 5 heteroatoms. The quantitative estimate of drug-likeness (QED) is 0.348. The normalized spacial score (nSPS) is 12.3. The van der Waals surface area contributed by atoms with E-state index < -0.39 is 6.04 Å².